The average Bonchev–Trinajstić information content (AvgIpc) is 3.34. The molecule has 0 heterocycles. The minimum absolute atomic E-state index is 0.0616. The van der Waals surface area contributed by atoms with E-state index in [1.54, 1.807) is 6.07 Å². The molecule has 6 heteroatoms. The molecule has 1 fully saturated rings. The van der Waals surface area contributed by atoms with Crippen molar-refractivity contribution in [2.45, 2.75) is 51.8 Å². The molecule has 1 amide bonds. The van der Waals surface area contributed by atoms with Crippen molar-refractivity contribution in [2.75, 3.05) is 19.7 Å². The summed E-state index contributed by atoms with van der Waals surface area (Å²) >= 11 is 12.0. The maximum absolute atomic E-state index is 12.2. The molecule has 1 aliphatic carbocycles. The summed E-state index contributed by atoms with van der Waals surface area (Å²) in [6.45, 7) is 6.47. The first-order chi connectivity index (χ1) is 11.5. The highest BCUT2D eigenvalue weighted by Gasteiger charge is 2.30. The Morgan fingerprint density at radius 2 is 2.08 bits per heavy atom. The third-order valence-corrected chi connectivity index (χ3v) is 4.61. The van der Waals surface area contributed by atoms with Crippen molar-refractivity contribution in [2.24, 2.45) is 0 Å². The van der Waals surface area contributed by atoms with Gasteiger partial charge < -0.3 is 10.1 Å². The molecule has 0 aromatic heterocycles. The molecule has 1 aromatic rings. The summed E-state index contributed by atoms with van der Waals surface area (Å²) in [5.41, 5.74) is 1.08. The third kappa shape index (κ3) is 6.98. The average molecular weight is 373 g/mol. The summed E-state index contributed by atoms with van der Waals surface area (Å²) in [7, 11) is 0. The van der Waals surface area contributed by atoms with E-state index in [-0.39, 0.29) is 12.0 Å². The first kappa shape index (κ1) is 19.5. The van der Waals surface area contributed by atoms with Gasteiger partial charge in [-0.3, -0.25) is 9.69 Å². The number of amides is 1. The van der Waals surface area contributed by atoms with Crippen molar-refractivity contribution >= 4 is 29.1 Å². The molecular formula is C18H26Cl2N2O2. The van der Waals surface area contributed by atoms with E-state index in [1.807, 2.05) is 26.0 Å². The summed E-state index contributed by atoms with van der Waals surface area (Å²) < 4.78 is 5.47. The van der Waals surface area contributed by atoms with Gasteiger partial charge in [-0.1, -0.05) is 29.3 Å². The van der Waals surface area contributed by atoms with Gasteiger partial charge in [0.15, 0.2) is 0 Å². The summed E-state index contributed by atoms with van der Waals surface area (Å²) in [4.78, 5) is 14.4. The zero-order chi connectivity index (χ0) is 17.5. The van der Waals surface area contributed by atoms with E-state index in [9.17, 15) is 4.79 Å². The van der Waals surface area contributed by atoms with Gasteiger partial charge in [0, 0.05) is 25.7 Å². The Balaban J connectivity index is 1.76. The van der Waals surface area contributed by atoms with Crippen LogP contribution in [-0.4, -0.2) is 42.6 Å². The van der Waals surface area contributed by atoms with E-state index in [0.717, 1.165) is 24.8 Å². The molecule has 1 aromatic carbocycles. The molecule has 0 atom stereocenters. The molecule has 4 nitrogen and oxygen atoms in total. The molecule has 1 saturated carbocycles. The molecule has 0 radical (unpaired) electrons. The number of nitrogens with zero attached hydrogens (tertiary/aromatic N) is 1. The van der Waals surface area contributed by atoms with Crippen molar-refractivity contribution in [1.82, 2.24) is 10.2 Å². The van der Waals surface area contributed by atoms with Crippen LogP contribution in [0, 0.1) is 0 Å². The number of carbonyl (C=O) groups excluding carboxylic acids is 1. The van der Waals surface area contributed by atoms with Gasteiger partial charge in [-0.2, -0.15) is 0 Å². The number of hydrogen-bond donors (Lipinski definition) is 1. The van der Waals surface area contributed by atoms with Crippen LogP contribution in [-0.2, 0) is 16.1 Å². The van der Waals surface area contributed by atoms with Crippen molar-refractivity contribution in [3.8, 4) is 0 Å². The van der Waals surface area contributed by atoms with E-state index in [4.69, 9.17) is 27.9 Å². The van der Waals surface area contributed by atoms with Crippen LogP contribution in [0.2, 0.25) is 10.0 Å². The van der Waals surface area contributed by atoms with Gasteiger partial charge in [-0.05, 0) is 50.8 Å². The highest BCUT2D eigenvalue weighted by Crippen LogP contribution is 2.29. The van der Waals surface area contributed by atoms with Gasteiger partial charge in [-0.15, -0.1) is 0 Å². The maximum Gasteiger partial charge on any atom is 0.234 e. The van der Waals surface area contributed by atoms with Crippen LogP contribution in [0.4, 0.5) is 0 Å². The fourth-order valence-corrected chi connectivity index (χ4v) is 2.81. The van der Waals surface area contributed by atoms with Crippen molar-refractivity contribution in [3.05, 3.63) is 33.8 Å². The lowest BCUT2D eigenvalue weighted by Gasteiger charge is -2.21. The first-order valence-corrected chi connectivity index (χ1v) is 9.27. The molecule has 0 aliphatic heterocycles. The number of rotatable bonds is 10. The molecule has 2 rings (SSSR count). The molecule has 0 bridgehead atoms. The largest absolute Gasteiger partial charge is 0.379 e. The number of carbonyl (C=O) groups is 1. The van der Waals surface area contributed by atoms with Crippen molar-refractivity contribution < 1.29 is 9.53 Å². The van der Waals surface area contributed by atoms with E-state index in [1.165, 1.54) is 0 Å². The fourth-order valence-electron chi connectivity index (χ4n) is 2.49. The van der Waals surface area contributed by atoms with Crippen molar-refractivity contribution in [3.63, 3.8) is 0 Å². The first-order valence-electron chi connectivity index (χ1n) is 8.52. The lowest BCUT2D eigenvalue weighted by Crippen LogP contribution is -2.38. The Bertz CT molecular complexity index is 548. The second-order valence-electron chi connectivity index (χ2n) is 6.51. The van der Waals surface area contributed by atoms with E-state index in [0.29, 0.717) is 42.3 Å². The molecular weight excluding hydrogens is 347 g/mol. The topological polar surface area (TPSA) is 41.6 Å². The standard InChI is InChI=1S/C18H26Cl2N2O2/c1-13(2)24-9-3-8-21-18(23)12-22(15-5-6-15)11-14-4-7-16(19)17(20)10-14/h4,7,10,13,15H,3,5-6,8-9,11-12H2,1-2H3,(H,21,23). The lowest BCUT2D eigenvalue weighted by atomic mass is 10.2. The van der Waals surface area contributed by atoms with Crippen LogP contribution in [0.3, 0.4) is 0 Å². The molecule has 1 N–H and O–H groups in total. The number of benzene rings is 1. The van der Waals surface area contributed by atoms with Crippen LogP contribution in [0.25, 0.3) is 0 Å². The molecule has 0 unspecified atom stereocenters. The molecule has 0 spiro atoms. The lowest BCUT2D eigenvalue weighted by molar-refractivity contribution is -0.122. The zero-order valence-corrected chi connectivity index (χ0v) is 15.9. The Kier molecular flexibility index (Phi) is 7.82. The smallest absolute Gasteiger partial charge is 0.234 e. The second kappa shape index (κ2) is 9.62. The summed E-state index contributed by atoms with van der Waals surface area (Å²) in [6, 6.07) is 6.14. The van der Waals surface area contributed by atoms with Gasteiger partial charge in [0.2, 0.25) is 5.91 Å². The Hall–Kier alpha value is -0.810. The monoisotopic (exact) mass is 372 g/mol. The minimum Gasteiger partial charge on any atom is -0.379 e. The number of halogens is 2. The normalized spacial score (nSPS) is 14.4. The van der Waals surface area contributed by atoms with Gasteiger partial charge in [-0.25, -0.2) is 0 Å². The van der Waals surface area contributed by atoms with Crippen LogP contribution in [0.1, 0.15) is 38.7 Å². The Morgan fingerprint density at radius 1 is 1.33 bits per heavy atom. The SMILES string of the molecule is CC(C)OCCCNC(=O)CN(Cc1ccc(Cl)c(Cl)c1)C1CC1. The number of ether oxygens (including phenoxy) is 1. The van der Waals surface area contributed by atoms with E-state index in [2.05, 4.69) is 10.2 Å². The second-order valence-corrected chi connectivity index (χ2v) is 7.32. The number of nitrogens with one attached hydrogen (secondary N) is 1. The van der Waals surface area contributed by atoms with Gasteiger partial charge in [0.05, 0.1) is 22.7 Å². The molecule has 24 heavy (non-hydrogen) atoms. The number of hydrogen-bond acceptors (Lipinski definition) is 3. The van der Waals surface area contributed by atoms with Crippen LogP contribution in [0.5, 0.6) is 0 Å². The minimum atomic E-state index is 0.0616. The quantitative estimate of drug-likeness (QED) is 0.633. The van der Waals surface area contributed by atoms with E-state index >= 15 is 0 Å². The van der Waals surface area contributed by atoms with Crippen LogP contribution < -0.4 is 5.32 Å². The Morgan fingerprint density at radius 3 is 2.71 bits per heavy atom. The van der Waals surface area contributed by atoms with Gasteiger partial charge in [0.25, 0.3) is 0 Å². The van der Waals surface area contributed by atoms with Crippen LogP contribution in [0.15, 0.2) is 18.2 Å². The Labute approximate surface area is 154 Å². The summed E-state index contributed by atoms with van der Waals surface area (Å²) in [6.07, 6.45) is 3.37. The predicted octanol–water partition coefficient (Wildman–Crippen LogP) is 3.89. The predicted molar refractivity (Wildman–Crippen MR) is 98.6 cm³/mol. The molecule has 1 aliphatic rings. The zero-order valence-electron chi connectivity index (χ0n) is 14.4. The summed E-state index contributed by atoms with van der Waals surface area (Å²) in [5.74, 6) is 0.0616. The summed E-state index contributed by atoms with van der Waals surface area (Å²) in [5, 5.41) is 4.08. The maximum atomic E-state index is 12.2. The highest BCUT2D eigenvalue weighted by atomic mass is 35.5. The molecule has 0 saturated heterocycles. The van der Waals surface area contributed by atoms with E-state index < -0.39 is 0 Å². The third-order valence-electron chi connectivity index (χ3n) is 3.87. The molecule has 134 valence electrons. The van der Waals surface area contributed by atoms with Crippen molar-refractivity contribution in [1.29, 1.82) is 0 Å². The van der Waals surface area contributed by atoms with Gasteiger partial charge in [0.1, 0.15) is 0 Å². The fraction of sp³-hybridized carbons (Fsp3) is 0.611. The van der Waals surface area contributed by atoms with Gasteiger partial charge >= 0.3 is 0 Å². The highest BCUT2D eigenvalue weighted by molar-refractivity contribution is 6.42. The van der Waals surface area contributed by atoms with Crippen LogP contribution >= 0.6 is 23.2 Å².